The van der Waals surface area contributed by atoms with Gasteiger partial charge in [-0.1, -0.05) is 110 Å². The van der Waals surface area contributed by atoms with Crippen molar-refractivity contribution < 1.29 is 9.63 Å². The van der Waals surface area contributed by atoms with E-state index in [1.165, 1.54) is 96.3 Å². The third kappa shape index (κ3) is 19.3. The van der Waals surface area contributed by atoms with Gasteiger partial charge in [0.1, 0.15) is 0 Å². The molecule has 0 heterocycles. The lowest BCUT2D eigenvalue weighted by Gasteiger charge is -2.05. The van der Waals surface area contributed by atoms with Crippen molar-refractivity contribution in [2.24, 2.45) is 0 Å². The molecular formula is C22H43NO2. The molecule has 0 rings (SSSR count). The molecule has 0 radical (unpaired) electrons. The molecule has 0 saturated carbocycles. The van der Waals surface area contributed by atoms with E-state index in [0.717, 1.165) is 13.0 Å². The van der Waals surface area contributed by atoms with Gasteiger partial charge in [-0.3, -0.25) is 0 Å². The van der Waals surface area contributed by atoms with Crippen LogP contribution in [-0.4, -0.2) is 12.5 Å². The third-order valence-corrected chi connectivity index (χ3v) is 4.65. The molecule has 3 heteroatoms. The van der Waals surface area contributed by atoms with E-state index in [4.69, 9.17) is 4.84 Å². The molecule has 1 N–H and O–H groups in total. The standard InChI is InChI=1S/C22H43NO2/c1-4-5-6-7-8-9-10-11-12-13-14-15-16-17-18-19-20-23-25-22(24)21(2)3/h23H,2,4-20H2,1,3H3. The highest BCUT2D eigenvalue weighted by atomic mass is 16.7. The maximum absolute atomic E-state index is 11.1. The zero-order valence-electron chi connectivity index (χ0n) is 17.0. The second-order valence-electron chi connectivity index (χ2n) is 7.37. The molecule has 3 nitrogen and oxygen atoms in total. The van der Waals surface area contributed by atoms with E-state index >= 15 is 0 Å². The fourth-order valence-corrected chi connectivity index (χ4v) is 2.95. The highest BCUT2D eigenvalue weighted by Gasteiger charge is 2.01. The van der Waals surface area contributed by atoms with Crippen molar-refractivity contribution in [2.45, 2.75) is 117 Å². The lowest BCUT2D eigenvalue weighted by Crippen LogP contribution is -2.21. The molecule has 0 spiro atoms. The van der Waals surface area contributed by atoms with Crippen LogP contribution < -0.4 is 5.48 Å². The van der Waals surface area contributed by atoms with Gasteiger partial charge in [0.15, 0.2) is 0 Å². The van der Waals surface area contributed by atoms with Gasteiger partial charge >= 0.3 is 5.97 Å². The summed E-state index contributed by atoms with van der Waals surface area (Å²) in [7, 11) is 0. The molecular weight excluding hydrogens is 310 g/mol. The van der Waals surface area contributed by atoms with Crippen LogP contribution in [0.5, 0.6) is 0 Å². The Balaban J connectivity index is 3.05. The van der Waals surface area contributed by atoms with E-state index in [0.29, 0.717) is 5.57 Å². The highest BCUT2D eigenvalue weighted by molar-refractivity contribution is 5.86. The van der Waals surface area contributed by atoms with Crippen molar-refractivity contribution >= 4 is 5.97 Å². The van der Waals surface area contributed by atoms with E-state index < -0.39 is 0 Å². The summed E-state index contributed by atoms with van der Waals surface area (Å²) in [5.41, 5.74) is 3.14. The first kappa shape index (κ1) is 24.2. The van der Waals surface area contributed by atoms with Crippen LogP contribution in [0.4, 0.5) is 0 Å². The fraction of sp³-hybridized carbons (Fsp3) is 0.864. The van der Waals surface area contributed by atoms with Crippen molar-refractivity contribution in [1.82, 2.24) is 5.48 Å². The number of unbranched alkanes of at least 4 members (excludes halogenated alkanes) is 15. The minimum Gasteiger partial charge on any atom is -0.367 e. The second-order valence-corrected chi connectivity index (χ2v) is 7.37. The van der Waals surface area contributed by atoms with E-state index in [-0.39, 0.29) is 5.97 Å². The van der Waals surface area contributed by atoms with Crippen LogP contribution >= 0.6 is 0 Å². The molecule has 0 aromatic heterocycles. The Labute approximate surface area is 156 Å². The molecule has 0 atom stereocenters. The first-order valence-corrected chi connectivity index (χ1v) is 10.8. The topological polar surface area (TPSA) is 38.3 Å². The number of hydrogen-bond acceptors (Lipinski definition) is 3. The molecule has 0 aromatic rings. The van der Waals surface area contributed by atoms with Crippen molar-refractivity contribution in [2.75, 3.05) is 6.54 Å². The summed E-state index contributed by atoms with van der Waals surface area (Å²) in [5.74, 6) is -0.364. The third-order valence-electron chi connectivity index (χ3n) is 4.65. The average molecular weight is 354 g/mol. The summed E-state index contributed by atoms with van der Waals surface area (Å²) in [4.78, 5) is 16.0. The Morgan fingerprint density at radius 3 is 1.44 bits per heavy atom. The molecule has 0 aliphatic heterocycles. The predicted octanol–water partition coefficient (Wildman–Crippen LogP) is 6.87. The molecule has 0 fully saturated rings. The van der Waals surface area contributed by atoms with Crippen LogP contribution in [-0.2, 0) is 9.63 Å². The number of hydroxylamine groups is 1. The quantitative estimate of drug-likeness (QED) is 0.156. The van der Waals surface area contributed by atoms with Crippen molar-refractivity contribution in [3.05, 3.63) is 12.2 Å². The van der Waals surface area contributed by atoms with Gasteiger partial charge in [0.05, 0.1) is 0 Å². The summed E-state index contributed by atoms with van der Waals surface area (Å²) in [6.07, 6.45) is 21.9. The fourth-order valence-electron chi connectivity index (χ4n) is 2.95. The minimum atomic E-state index is -0.364. The number of carbonyl (C=O) groups is 1. The van der Waals surface area contributed by atoms with Crippen LogP contribution in [0.15, 0.2) is 12.2 Å². The molecule has 0 bridgehead atoms. The van der Waals surface area contributed by atoms with Gasteiger partial charge in [-0.25, -0.2) is 4.79 Å². The molecule has 0 unspecified atom stereocenters. The first-order valence-electron chi connectivity index (χ1n) is 10.8. The zero-order valence-corrected chi connectivity index (χ0v) is 17.0. The monoisotopic (exact) mass is 353 g/mol. The van der Waals surface area contributed by atoms with E-state index in [1.54, 1.807) is 6.92 Å². The Kier molecular flexibility index (Phi) is 18.8. The minimum absolute atomic E-state index is 0.364. The molecule has 0 saturated heterocycles. The molecule has 25 heavy (non-hydrogen) atoms. The molecule has 148 valence electrons. The lowest BCUT2D eigenvalue weighted by molar-refractivity contribution is -0.146. The molecule has 0 aliphatic carbocycles. The largest absolute Gasteiger partial charge is 0.367 e. The number of rotatable bonds is 19. The van der Waals surface area contributed by atoms with Crippen molar-refractivity contribution in [1.29, 1.82) is 0 Å². The summed E-state index contributed by atoms with van der Waals surface area (Å²) in [5, 5.41) is 0. The zero-order chi connectivity index (χ0) is 18.6. The van der Waals surface area contributed by atoms with Gasteiger partial charge in [0, 0.05) is 12.1 Å². The van der Waals surface area contributed by atoms with Crippen LogP contribution in [0.1, 0.15) is 117 Å². The van der Waals surface area contributed by atoms with Crippen LogP contribution in [0.25, 0.3) is 0 Å². The second kappa shape index (κ2) is 19.5. The van der Waals surface area contributed by atoms with Crippen molar-refractivity contribution in [3.63, 3.8) is 0 Å². The highest BCUT2D eigenvalue weighted by Crippen LogP contribution is 2.13. The predicted molar refractivity (Wildman–Crippen MR) is 108 cm³/mol. The number of nitrogens with one attached hydrogen (secondary N) is 1. The lowest BCUT2D eigenvalue weighted by atomic mass is 10.0. The Morgan fingerprint density at radius 1 is 0.720 bits per heavy atom. The average Bonchev–Trinajstić information content (AvgIpc) is 2.60. The number of hydrogen-bond donors (Lipinski definition) is 1. The van der Waals surface area contributed by atoms with Gasteiger partial charge in [0.25, 0.3) is 0 Å². The van der Waals surface area contributed by atoms with Gasteiger partial charge in [0.2, 0.25) is 0 Å². The summed E-state index contributed by atoms with van der Waals surface area (Å²) in [6, 6.07) is 0. The van der Waals surface area contributed by atoms with Gasteiger partial charge in [-0.2, -0.15) is 5.48 Å². The number of carbonyl (C=O) groups excluding carboxylic acids is 1. The molecule has 0 aromatic carbocycles. The molecule has 0 aliphatic rings. The maximum atomic E-state index is 11.1. The van der Waals surface area contributed by atoms with Crippen LogP contribution in [0.2, 0.25) is 0 Å². The Bertz CT molecular complexity index is 315. The summed E-state index contributed by atoms with van der Waals surface area (Å²) < 4.78 is 0. The molecule has 0 amide bonds. The summed E-state index contributed by atoms with van der Waals surface area (Å²) in [6.45, 7) is 8.20. The SMILES string of the molecule is C=C(C)C(=O)ONCCCCCCCCCCCCCCCCCC. The van der Waals surface area contributed by atoms with Gasteiger partial charge in [-0.05, 0) is 13.3 Å². The van der Waals surface area contributed by atoms with Gasteiger partial charge < -0.3 is 4.84 Å². The van der Waals surface area contributed by atoms with E-state index in [2.05, 4.69) is 19.0 Å². The van der Waals surface area contributed by atoms with Crippen molar-refractivity contribution in [3.8, 4) is 0 Å². The van der Waals surface area contributed by atoms with Crippen LogP contribution in [0.3, 0.4) is 0 Å². The Hall–Kier alpha value is -0.830. The summed E-state index contributed by atoms with van der Waals surface area (Å²) >= 11 is 0. The normalized spacial score (nSPS) is 10.8. The van der Waals surface area contributed by atoms with E-state index in [1.807, 2.05) is 0 Å². The first-order chi connectivity index (χ1) is 12.2. The van der Waals surface area contributed by atoms with Crippen LogP contribution in [0, 0.1) is 0 Å². The Morgan fingerprint density at radius 2 is 1.08 bits per heavy atom. The van der Waals surface area contributed by atoms with E-state index in [9.17, 15) is 4.79 Å². The smallest absolute Gasteiger partial charge is 0.351 e. The maximum Gasteiger partial charge on any atom is 0.351 e. The van der Waals surface area contributed by atoms with Gasteiger partial charge in [-0.15, -0.1) is 0 Å².